The topological polar surface area (TPSA) is 84.6 Å². The molecule has 0 fully saturated rings. The summed E-state index contributed by atoms with van der Waals surface area (Å²) in [6, 6.07) is 0.00463. The highest BCUT2D eigenvalue weighted by molar-refractivity contribution is 5.75. The minimum absolute atomic E-state index is 0.00463. The van der Waals surface area contributed by atoms with E-state index in [9.17, 15) is 0 Å². The molecule has 60 valence electrons. The van der Waals surface area contributed by atoms with Gasteiger partial charge in [-0.05, 0) is 20.3 Å². The van der Waals surface area contributed by atoms with Crippen LogP contribution in [0.15, 0.2) is 4.99 Å². The third-order valence-electron chi connectivity index (χ3n) is 1.05. The fourth-order valence-corrected chi connectivity index (χ4v) is 0.801. The second-order valence-corrected chi connectivity index (χ2v) is 2.49. The van der Waals surface area contributed by atoms with E-state index in [1.165, 1.54) is 0 Å². The summed E-state index contributed by atoms with van der Waals surface area (Å²) in [5, 5.41) is 8.88. The van der Waals surface area contributed by atoms with Gasteiger partial charge in [0.1, 0.15) is 0 Å². The average Bonchev–Trinajstić information content (AvgIpc) is 1.58. The van der Waals surface area contributed by atoms with Crippen LogP contribution in [0, 0.1) is 0 Å². The van der Waals surface area contributed by atoms with Gasteiger partial charge in [0.05, 0.1) is 12.1 Å². The molecule has 5 N–H and O–H groups in total. The maximum atomic E-state index is 8.88. The molecule has 0 aromatic rings. The predicted octanol–water partition coefficient (Wildman–Crippen LogP) is -0.581. The predicted molar refractivity (Wildman–Crippen MR) is 41.6 cm³/mol. The van der Waals surface area contributed by atoms with E-state index < -0.39 is 0 Å². The first kappa shape index (κ1) is 9.23. The van der Waals surface area contributed by atoms with Crippen LogP contribution in [0.4, 0.5) is 0 Å². The first-order chi connectivity index (χ1) is 4.52. The molecule has 0 spiro atoms. The maximum Gasteiger partial charge on any atom is 0.186 e. The Bertz CT molecular complexity index is 118. The Morgan fingerprint density at radius 1 is 1.50 bits per heavy atom. The summed E-state index contributed by atoms with van der Waals surface area (Å²) in [6.45, 7) is 3.56. The molecule has 0 aromatic heterocycles. The standard InChI is InChI=1S/C6H15N3O/c1-4(3-5(2)10)9-6(7)8/h4-5,10H,3H2,1-2H3,(H4,7,8,9). The molecule has 4 nitrogen and oxygen atoms in total. The quantitative estimate of drug-likeness (QED) is 0.367. The molecule has 0 rings (SSSR count). The maximum absolute atomic E-state index is 8.88. The van der Waals surface area contributed by atoms with Crippen molar-refractivity contribution < 1.29 is 5.11 Å². The van der Waals surface area contributed by atoms with Crippen molar-refractivity contribution in [3.8, 4) is 0 Å². The van der Waals surface area contributed by atoms with E-state index >= 15 is 0 Å². The van der Waals surface area contributed by atoms with Crippen molar-refractivity contribution in [1.82, 2.24) is 0 Å². The molecule has 0 bridgehead atoms. The molecule has 0 aromatic carbocycles. The van der Waals surface area contributed by atoms with Gasteiger partial charge in [0.2, 0.25) is 0 Å². The summed E-state index contributed by atoms with van der Waals surface area (Å²) in [7, 11) is 0. The lowest BCUT2D eigenvalue weighted by atomic mass is 10.2. The van der Waals surface area contributed by atoms with Gasteiger partial charge >= 0.3 is 0 Å². The highest BCUT2D eigenvalue weighted by Gasteiger charge is 2.03. The second kappa shape index (κ2) is 4.11. The summed E-state index contributed by atoms with van der Waals surface area (Å²) in [5.74, 6) is 0.0770. The van der Waals surface area contributed by atoms with Crippen molar-refractivity contribution in [1.29, 1.82) is 0 Å². The van der Waals surface area contributed by atoms with E-state index in [1.54, 1.807) is 6.92 Å². The molecule has 2 atom stereocenters. The number of rotatable bonds is 3. The van der Waals surface area contributed by atoms with Crippen molar-refractivity contribution >= 4 is 5.96 Å². The van der Waals surface area contributed by atoms with Crippen LogP contribution in [-0.2, 0) is 0 Å². The second-order valence-electron chi connectivity index (χ2n) is 2.49. The summed E-state index contributed by atoms with van der Waals surface area (Å²) in [5.41, 5.74) is 10.2. The Labute approximate surface area is 60.9 Å². The summed E-state index contributed by atoms with van der Waals surface area (Å²) in [4.78, 5) is 3.83. The third-order valence-corrected chi connectivity index (χ3v) is 1.05. The van der Waals surface area contributed by atoms with Gasteiger partial charge in [0.25, 0.3) is 0 Å². The molecule has 10 heavy (non-hydrogen) atoms. The van der Waals surface area contributed by atoms with Crippen LogP contribution in [0.5, 0.6) is 0 Å². The number of aliphatic hydroxyl groups excluding tert-OH is 1. The molecular weight excluding hydrogens is 130 g/mol. The Kier molecular flexibility index (Phi) is 3.79. The lowest BCUT2D eigenvalue weighted by Crippen LogP contribution is -2.25. The number of aliphatic imine (C=N–C) groups is 1. The molecule has 0 amide bonds. The molecule has 2 unspecified atom stereocenters. The lowest BCUT2D eigenvalue weighted by molar-refractivity contribution is 0.177. The van der Waals surface area contributed by atoms with Crippen molar-refractivity contribution in [3.05, 3.63) is 0 Å². The minimum Gasteiger partial charge on any atom is -0.393 e. The van der Waals surface area contributed by atoms with Crippen LogP contribution in [0.2, 0.25) is 0 Å². The zero-order chi connectivity index (χ0) is 8.15. The van der Waals surface area contributed by atoms with Gasteiger partial charge in [-0.1, -0.05) is 0 Å². The van der Waals surface area contributed by atoms with Crippen LogP contribution in [0.3, 0.4) is 0 Å². The van der Waals surface area contributed by atoms with E-state index in [-0.39, 0.29) is 18.1 Å². The Hall–Kier alpha value is -0.770. The highest BCUT2D eigenvalue weighted by atomic mass is 16.3. The third kappa shape index (κ3) is 5.37. The van der Waals surface area contributed by atoms with Gasteiger partial charge < -0.3 is 16.6 Å². The van der Waals surface area contributed by atoms with E-state index in [0.29, 0.717) is 6.42 Å². The first-order valence-electron chi connectivity index (χ1n) is 3.29. The van der Waals surface area contributed by atoms with Gasteiger partial charge in [-0.3, -0.25) is 4.99 Å². The molecule has 0 aliphatic heterocycles. The van der Waals surface area contributed by atoms with Gasteiger partial charge in [-0.15, -0.1) is 0 Å². The fourth-order valence-electron chi connectivity index (χ4n) is 0.801. The number of aliphatic hydroxyl groups is 1. The number of hydrogen-bond donors (Lipinski definition) is 3. The summed E-state index contributed by atoms with van der Waals surface area (Å²) >= 11 is 0. The van der Waals surface area contributed by atoms with Crippen molar-refractivity contribution in [2.75, 3.05) is 0 Å². The molecular formula is C6H15N3O. The van der Waals surface area contributed by atoms with Crippen LogP contribution < -0.4 is 11.5 Å². The molecule has 4 heteroatoms. The average molecular weight is 145 g/mol. The number of guanidine groups is 1. The zero-order valence-corrected chi connectivity index (χ0v) is 6.41. The zero-order valence-electron chi connectivity index (χ0n) is 6.41. The minimum atomic E-state index is -0.349. The molecule has 0 aliphatic carbocycles. The Morgan fingerprint density at radius 3 is 2.30 bits per heavy atom. The lowest BCUT2D eigenvalue weighted by Gasteiger charge is -2.07. The monoisotopic (exact) mass is 145 g/mol. The van der Waals surface area contributed by atoms with Crippen LogP contribution in [-0.4, -0.2) is 23.2 Å². The van der Waals surface area contributed by atoms with Crippen molar-refractivity contribution in [2.24, 2.45) is 16.5 Å². The van der Waals surface area contributed by atoms with Crippen molar-refractivity contribution in [3.63, 3.8) is 0 Å². The van der Waals surface area contributed by atoms with Gasteiger partial charge in [0.15, 0.2) is 5.96 Å². The largest absolute Gasteiger partial charge is 0.393 e. The molecule has 0 radical (unpaired) electrons. The van der Waals surface area contributed by atoms with Gasteiger partial charge in [-0.2, -0.15) is 0 Å². The smallest absolute Gasteiger partial charge is 0.186 e. The first-order valence-corrected chi connectivity index (χ1v) is 3.29. The number of nitrogens with two attached hydrogens (primary N) is 2. The van der Waals surface area contributed by atoms with Gasteiger partial charge in [0, 0.05) is 0 Å². The van der Waals surface area contributed by atoms with E-state index in [1.807, 2.05) is 6.92 Å². The van der Waals surface area contributed by atoms with E-state index in [0.717, 1.165) is 0 Å². The molecule has 0 saturated heterocycles. The van der Waals surface area contributed by atoms with Gasteiger partial charge in [-0.25, -0.2) is 0 Å². The molecule has 0 saturated carbocycles. The van der Waals surface area contributed by atoms with E-state index in [2.05, 4.69) is 4.99 Å². The van der Waals surface area contributed by atoms with E-state index in [4.69, 9.17) is 16.6 Å². The molecule has 0 aliphatic rings. The number of nitrogens with zero attached hydrogens (tertiary/aromatic N) is 1. The van der Waals surface area contributed by atoms with Crippen LogP contribution in [0.1, 0.15) is 20.3 Å². The Balaban J connectivity index is 3.64. The normalized spacial score (nSPS) is 15.9. The Morgan fingerprint density at radius 2 is 2.00 bits per heavy atom. The summed E-state index contributed by atoms with van der Waals surface area (Å²) < 4.78 is 0. The molecule has 0 heterocycles. The fraction of sp³-hybridized carbons (Fsp3) is 0.833. The van der Waals surface area contributed by atoms with Crippen LogP contribution >= 0.6 is 0 Å². The SMILES string of the molecule is CC(O)CC(C)N=C(N)N. The van der Waals surface area contributed by atoms with Crippen LogP contribution in [0.25, 0.3) is 0 Å². The highest BCUT2D eigenvalue weighted by Crippen LogP contribution is 1.99. The summed E-state index contributed by atoms with van der Waals surface area (Å²) in [6.07, 6.45) is 0.246. The van der Waals surface area contributed by atoms with Crippen molar-refractivity contribution in [2.45, 2.75) is 32.4 Å². The number of hydrogen-bond acceptors (Lipinski definition) is 2.